The summed E-state index contributed by atoms with van der Waals surface area (Å²) in [4.78, 5) is 24.5. The second-order valence-corrected chi connectivity index (χ2v) is 5.76. The van der Waals surface area contributed by atoms with Crippen molar-refractivity contribution in [1.29, 1.82) is 0 Å². The molecule has 1 saturated heterocycles. The van der Waals surface area contributed by atoms with Crippen LogP contribution >= 0.6 is 0 Å². The van der Waals surface area contributed by atoms with E-state index in [2.05, 4.69) is 0 Å². The Hall–Kier alpha value is -2.74. The molecule has 1 heterocycles. The summed E-state index contributed by atoms with van der Waals surface area (Å²) in [6.45, 7) is -0.257. The van der Waals surface area contributed by atoms with Gasteiger partial charge in [-0.25, -0.2) is 9.59 Å². The van der Waals surface area contributed by atoms with Crippen molar-refractivity contribution in [3.8, 4) is 0 Å². The van der Waals surface area contributed by atoms with Gasteiger partial charge in [0, 0.05) is 0 Å². The molecule has 1 aliphatic heterocycles. The van der Waals surface area contributed by atoms with E-state index in [1.165, 1.54) is 0 Å². The minimum Gasteiger partial charge on any atom is -0.452 e. The Bertz CT molecular complexity index is 681. The van der Waals surface area contributed by atoms with E-state index in [1.807, 2.05) is 0 Å². The topological polar surface area (TPSA) is 102 Å². The van der Waals surface area contributed by atoms with E-state index >= 15 is 0 Å². The summed E-state index contributed by atoms with van der Waals surface area (Å²) in [7, 11) is 0. The summed E-state index contributed by atoms with van der Waals surface area (Å²) < 4.78 is 15.6. The Morgan fingerprint density at radius 1 is 0.808 bits per heavy atom. The number of carbonyl (C=O) groups is 2. The van der Waals surface area contributed by atoms with Crippen LogP contribution in [0.2, 0.25) is 0 Å². The van der Waals surface area contributed by atoms with Crippen LogP contribution in [0.25, 0.3) is 0 Å². The van der Waals surface area contributed by atoms with Crippen molar-refractivity contribution in [3.63, 3.8) is 0 Å². The third-order valence-corrected chi connectivity index (χ3v) is 3.93. The van der Waals surface area contributed by atoms with E-state index in [-0.39, 0.29) is 17.7 Å². The largest absolute Gasteiger partial charge is 0.452 e. The van der Waals surface area contributed by atoms with Gasteiger partial charge in [-0.2, -0.15) is 0 Å². The van der Waals surface area contributed by atoms with Gasteiger partial charge in [0.2, 0.25) is 0 Å². The van der Waals surface area contributed by atoms with E-state index in [1.54, 1.807) is 60.7 Å². The van der Waals surface area contributed by atoms with Gasteiger partial charge in [-0.1, -0.05) is 36.4 Å². The van der Waals surface area contributed by atoms with E-state index in [0.717, 1.165) is 0 Å². The van der Waals surface area contributed by atoms with Crippen LogP contribution in [-0.2, 0) is 14.2 Å². The molecule has 0 aromatic heterocycles. The number of hydrogen-bond acceptors (Lipinski definition) is 7. The number of esters is 2. The molecule has 2 aromatic rings. The average molecular weight is 358 g/mol. The summed E-state index contributed by atoms with van der Waals surface area (Å²) in [6.07, 6.45) is -5.41. The van der Waals surface area contributed by atoms with E-state index < -0.39 is 36.5 Å². The molecule has 3 rings (SSSR count). The molecule has 7 nitrogen and oxygen atoms in total. The van der Waals surface area contributed by atoms with E-state index in [4.69, 9.17) is 14.2 Å². The fourth-order valence-electron chi connectivity index (χ4n) is 2.57. The van der Waals surface area contributed by atoms with Gasteiger partial charge in [0.25, 0.3) is 0 Å². The maximum atomic E-state index is 12.3. The van der Waals surface area contributed by atoms with Crippen LogP contribution in [0.3, 0.4) is 0 Å². The third-order valence-electron chi connectivity index (χ3n) is 3.93. The molecule has 136 valence electrons. The van der Waals surface area contributed by atoms with Crippen LogP contribution in [-0.4, -0.2) is 53.4 Å². The van der Waals surface area contributed by atoms with E-state index in [9.17, 15) is 19.8 Å². The molecule has 0 spiro atoms. The lowest BCUT2D eigenvalue weighted by Gasteiger charge is -2.37. The normalized spacial score (nSPS) is 25.3. The van der Waals surface area contributed by atoms with Gasteiger partial charge in [-0.05, 0) is 24.3 Å². The zero-order valence-electron chi connectivity index (χ0n) is 13.7. The molecule has 26 heavy (non-hydrogen) atoms. The van der Waals surface area contributed by atoms with Crippen molar-refractivity contribution in [2.45, 2.75) is 24.6 Å². The lowest BCUT2D eigenvalue weighted by atomic mass is 10.0. The van der Waals surface area contributed by atoms with Crippen molar-refractivity contribution in [2.75, 3.05) is 6.61 Å². The molecule has 0 unspecified atom stereocenters. The van der Waals surface area contributed by atoms with Gasteiger partial charge in [0.05, 0.1) is 17.7 Å². The highest BCUT2D eigenvalue weighted by molar-refractivity contribution is 5.90. The molecule has 1 aliphatic rings. The Morgan fingerprint density at radius 2 is 1.27 bits per heavy atom. The first-order valence-corrected chi connectivity index (χ1v) is 8.06. The first-order valence-electron chi connectivity index (χ1n) is 8.06. The van der Waals surface area contributed by atoms with Gasteiger partial charge in [-0.15, -0.1) is 0 Å². The van der Waals surface area contributed by atoms with Crippen molar-refractivity contribution < 1.29 is 34.0 Å². The predicted octanol–water partition coefficient (Wildman–Crippen LogP) is 1.15. The first-order chi connectivity index (χ1) is 12.6. The number of rotatable bonds is 4. The average Bonchev–Trinajstić information content (AvgIpc) is 2.68. The zero-order valence-corrected chi connectivity index (χ0v) is 13.7. The van der Waals surface area contributed by atoms with Crippen molar-refractivity contribution in [2.24, 2.45) is 0 Å². The number of carbonyl (C=O) groups excluding carboxylic acids is 2. The standard InChI is InChI=1S/C19H18O7/c20-14-11-24-19(23)16(26-18(22)13-9-5-2-6-10-13)15(14)25-17(21)12-7-3-1-4-8-12/h1-10,14-16,19-20,23H,11H2/t14-,15-,16+,19-/m0/s1. The molecular formula is C19H18O7. The van der Waals surface area contributed by atoms with Gasteiger partial charge in [0.1, 0.15) is 6.10 Å². The third kappa shape index (κ3) is 4.08. The van der Waals surface area contributed by atoms with Crippen molar-refractivity contribution in [3.05, 3.63) is 71.8 Å². The van der Waals surface area contributed by atoms with Crippen LogP contribution in [0.5, 0.6) is 0 Å². The summed E-state index contributed by atoms with van der Waals surface area (Å²) in [5, 5.41) is 20.2. The van der Waals surface area contributed by atoms with Crippen LogP contribution in [0.15, 0.2) is 60.7 Å². The lowest BCUT2D eigenvalue weighted by molar-refractivity contribution is -0.251. The minimum atomic E-state index is -1.53. The number of aliphatic hydroxyl groups is 2. The Kier molecular flexibility index (Phi) is 5.62. The number of benzene rings is 2. The zero-order chi connectivity index (χ0) is 18.5. The molecule has 7 heteroatoms. The van der Waals surface area contributed by atoms with Crippen molar-refractivity contribution >= 4 is 11.9 Å². The maximum absolute atomic E-state index is 12.3. The molecule has 0 aliphatic carbocycles. The number of ether oxygens (including phenoxy) is 3. The smallest absolute Gasteiger partial charge is 0.338 e. The Morgan fingerprint density at radius 3 is 1.77 bits per heavy atom. The SMILES string of the molecule is O=C(O[C@@H]1[C@@H](OC(=O)c2ccccc2)[C@@H](O)OC[C@@H]1O)c1ccccc1. The number of hydrogen-bond donors (Lipinski definition) is 2. The quantitative estimate of drug-likeness (QED) is 0.790. The maximum Gasteiger partial charge on any atom is 0.338 e. The van der Waals surface area contributed by atoms with Crippen LogP contribution in [0, 0.1) is 0 Å². The second kappa shape index (κ2) is 8.09. The molecule has 0 amide bonds. The Balaban J connectivity index is 1.76. The summed E-state index contributed by atoms with van der Waals surface area (Å²) in [6, 6.07) is 16.3. The summed E-state index contributed by atoms with van der Waals surface area (Å²) in [5.74, 6) is -1.43. The minimum absolute atomic E-state index is 0.257. The van der Waals surface area contributed by atoms with Gasteiger partial charge < -0.3 is 24.4 Å². The first kappa shape index (κ1) is 18.1. The highest BCUT2D eigenvalue weighted by Crippen LogP contribution is 2.23. The van der Waals surface area contributed by atoms with Gasteiger partial charge >= 0.3 is 11.9 Å². The summed E-state index contributed by atoms with van der Waals surface area (Å²) >= 11 is 0. The molecule has 0 saturated carbocycles. The molecular weight excluding hydrogens is 340 g/mol. The Labute approximate surface area is 149 Å². The molecule has 4 atom stereocenters. The van der Waals surface area contributed by atoms with Gasteiger partial charge in [-0.3, -0.25) is 0 Å². The highest BCUT2D eigenvalue weighted by atomic mass is 16.7. The molecule has 2 N–H and O–H groups in total. The molecule has 0 radical (unpaired) electrons. The lowest BCUT2D eigenvalue weighted by Crippen LogP contribution is -2.56. The van der Waals surface area contributed by atoms with Crippen LogP contribution < -0.4 is 0 Å². The second-order valence-electron chi connectivity index (χ2n) is 5.76. The van der Waals surface area contributed by atoms with E-state index in [0.29, 0.717) is 0 Å². The fraction of sp³-hybridized carbons (Fsp3) is 0.263. The van der Waals surface area contributed by atoms with Crippen molar-refractivity contribution in [1.82, 2.24) is 0 Å². The molecule has 1 fully saturated rings. The molecule has 2 aromatic carbocycles. The van der Waals surface area contributed by atoms with Crippen LogP contribution in [0.4, 0.5) is 0 Å². The summed E-state index contributed by atoms with van der Waals surface area (Å²) in [5.41, 5.74) is 0.529. The predicted molar refractivity (Wildman–Crippen MR) is 89.3 cm³/mol. The highest BCUT2D eigenvalue weighted by Gasteiger charge is 2.44. The monoisotopic (exact) mass is 358 g/mol. The van der Waals surface area contributed by atoms with Crippen LogP contribution in [0.1, 0.15) is 20.7 Å². The van der Waals surface area contributed by atoms with Gasteiger partial charge in [0.15, 0.2) is 18.5 Å². The number of aliphatic hydroxyl groups excluding tert-OH is 2. The fourth-order valence-corrected chi connectivity index (χ4v) is 2.57. The molecule has 0 bridgehead atoms.